The Hall–Kier alpha value is -2.37. The van der Waals surface area contributed by atoms with Gasteiger partial charge in [0, 0.05) is 6.42 Å². The van der Waals surface area contributed by atoms with Crippen LogP contribution in [0.1, 0.15) is 98.5 Å². The predicted octanol–water partition coefficient (Wildman–Crippen LogP) is 6.15. The van der Waals surface area contributed by atoms with Gasteiger partial charge in [-0.25, -0.2) is 0 Å². The topological polar surface area (TPSA) is 78.9 Å². The van der Waals surface area contributed by atoms with Gasteiger partial charge in [0.2, 0.25) is 0 Å². The summed E-state index contributed by atoms with van der Waals surface area (Å²) in [6, 6.07) is 9.65. The highest BCUT2D eigenvalue weighted by Gasteiger charge is 2.34. The molecule has 1 aromatic carbocycles. The molecule has 0 fully saturated rings. The largest absolute Gasteiger partial charge is 0.461 e. The molecule has 0 saturated heterocycles. The Bertz CT molecular complexity index is 699. The number of ether oxygens (including phenoxy) is 3. The van der Waals surface area contributed by atoms with Crippen molar-refractivity contribution < 1.29 is 28.6 Å². The molecule has 0 aliphatic heterocycles. The summed E-state index contributed by atoms with van der Waals surface area (Å²) in [6.07, 6.45) is 6.20. The van der Waals surface area contributed by atoms with Crippen LogP contribution in [-0.4, -0.2) is 29.1 Å². The average Bonchev–Trinajstić information content (AvgIpc) is 2.69. The molecule has 0 bridgehead atoms. The molecule has 0 heterocycles. The Labute approximate surface area is 199 Å². The van der Waals surface area contributed by atoms with Crippen molar-refractivity contribution in [2.75, 3.05) is 0 Å². The van der Waals surface area contributed by atoms with E-state index in [2.05, 4.69) is 0 Å². The number of hydrogen-bond acceptors (Lipinski definition) is 6. The first-order valence-electron chi connectivity index (χ1n) is 12.0. The van der Waals surface area contributed by atoms with Gasteiger partial charge in [-0.15, -0.1) is 0 Å². The van der Waals surface area contributed by atoms with Crippen LogP contribution in [0, 0.1) is 5.92 Å². The van der Waals surface area contributed by atoms with E-state index in [4.69, 9.17) is 14.2 Å². The van der Waals surface area contributed by atoms with Crippen molar-refractivity contribution in [1.82, 2.24) is 0 Å². The molecular formula is C27H42O6. The zero-order valence-electron chi connectivity index (χ0n) is 21.3. The second-order valence-corrected chi connectivity index (χ2v) is 10.4. The molecule has 0 spiro atoms. The average molecular weight is 463 g/mol. The standard InChI is InChI=1S/C27H42O6/c1-26(2,3)32-24(29)22(25(30)33-27(4,5)6)18-14-9-7-8-10-15-19-23(28)31-20-21-16-12-11-13-17-21/h11-13,16-17,22H,7-10,14-15,18-20H2,1-6H3. The zero-order valence-corrected chi connectivity index (χ0v) is 21.3. The lowest BCUT2D eigenvalue weighted by molar-refractivity contribution is -0.174. The van der Waals surface area contributed by atoms with E-state index in [0.29, 0.717) is 19.4 Å². The van der Waals surface area contributed by atoms with Gasteiger partial charge in [0.05, 0.1) is 0 Å². The predicted molar refractivity (Wildman–Crippen MR) is 128 cm³/mol. The van der Waals surface area contributed by atoms with E-state index in [0.717, 1.165) is 44.1 Å². The molecule has 0 atom stereocenters. The van der Waals surface area contributed by atoms with Gasteiger partial charge in [0.25, 0.3) is 0 Å². The molecule has 0 amide bonds. The van der Waals surface area contributed by atoms with Gasteiger partial charge in [0.15, 0.2) is 5.92 Å². The third-order valence-corrected chi connectivity index (χ3v) is 4.75. The van der Waals surface area contributed by atoms with Crippen LogP contribution >= 0.6 is 0 Å². The fraction of sp³-hybridized carbons (Fsp3) is 0.667. The molecule has 0 aliphatic carbocycles. The number of carbonyl (C=O) groups excluding carboxylic acids is 3. The zero-order chi connectivity index (χ0) is 24.9. The van der Waals surface area contributed by atoms with Crippen LogP contribution in [0.4, 0.5) is 0 Å². The van der Waals surface area contributed by atoms with E-state index in [-0.39, 0.29) is 5.97 Å². The first-order chi connectivity index (χ1) is 15.4. The van der Waals surface area contributed by atoms with Crippen molar-refractivity contribution in [2.45, 2.75) is 111 Å². The van der Waals surface area contributed by atoms with Crippen molar-refractivity contribution >= 4 is 17.9 Å². The molecule has 6 heteroatoms. The quantitative estimate of drug-likeness (QED) is 0.151. The number of esters is 3. The molecule has 0 radical (unpaired) electrons. The second-order valence-electron chi connectivity index (χ2n) is 10.4. The van der Waals surface area contributed by atoms with Crippen molar-refractivity contribution in [3.05, 3.63) is 35.9 Å². The monoisotopic (exact) mass is 462 g/mol. The molecule has 33 heavy (non-hydrogen) atoms. The molecule has 0 aliphatic rings. The summed E-state index contributed by atoms with van der Waals surface area (Å²) < 4.78 is 16.2. The molecular weight excluding hydrogens is 420 g/mol. The minimum absolute atomic E-state index is 0.170. The Morgan fingerprint density at radius 2 is 1.21 bits per heavy atom. The van der Waals surface area contributed by atoms with Gasteiger partial charge in [0.1, 0.15) is 17.8 Å². The van der Waals surface area contributed by atoms with Gasteiger partial charge >= 0.3 is 17.9 Å². The third-order valence-electron chi connectivity index (χ3n) is 4.75. The first-order valence-corrected chi connectivity index (χ1v) is 12.0. The van der Waals surface area contributed by atoms with Crippen LogP contribution in [0.25, 0.3) is 0 Å². The molecule has 0 saturated carbocycles. The smallest absolute Gasteiger partial charge is 0.320 e. The summed E-state index contributed by atoms with van der Waals surface area (Å²) in [5.41, 5.74) is -0.318. The van der Waals surface area contributed by atoms with E-state index < -0.39 is 29.1 Å². The van der Waals surface area contributed by atoms with Gasteiger partial charge in [-0.3, -0.25) is 14.4 Å². The van der Waals surface area contributed by atoms with Crippen LogP contribution < -0.4 is 0 Å². The lowest BCUT2D eigenvalue weighted by atomic mass is 9.99. The first kappa shape index (κ1) is 28.7. The van der Waals surface area contributed by atoms with E-state index in [1.807, 2.05) is 30.3 Å². The number of carbonyl (C=O) groups is 3. The van der Waals surface area contributed by atoms with Gasteiger partial charge < -0.3 is 14.2 Å². The molecule has 1 rings (SSSR count). The summed E-state index contributed by atoms with van der Waals surface area (Å²) >= 11 is 0. The summed E-state index contributed by atoms with van der Waals surface area (Å²) in [5, 5.41) is 0. The van der Waals surface area contributed by atoms with Crippen molar-refractivity contribution in [2.24, 2.45) is 5.92 Å². The molecule has 1 aromatic rings. The molecule has 6 nitrogen and oxygen atoms in total. The maximum atomic E-state index is 12.5. The fourth-order valence-corrected chi connectivity index (χ4v) is 3.21. The highest BCUT2D eigenvalue weighted by atomic mass is 16.6. The Balaban J connectivity index is 2.26. The van der Waals surface area contributed by atoms with E-state index in [9.17, 15) is 14.4 Å². The third kappa shape index (κ3) is 14.4. The Morgan fingerprint density at radius 3 is 1.73 bits per heavy atom. The van der Waals surface area contributed by atoms with Crippen LogP contribution in [0.2, 0.25) is 0 Å². The Kier molecular flexibility index (Phi) is 12.2. The summed E-state index contributed by atoms with van der Waals surface area (Å²) in [5.74, 6) is -2.12. The molecule has 0 unspecified atom stereocenters. The van der Waals surface area contributed by atoms with E-state index >= 15 is 0 Å². The van der Waals surface area contributed by atoms with Crippen molar-refractivity contribution in [3.63, 3.8) is 0 Å². The molecule has 0 aromatic heterocycles. The number of unbranched alkanes of at least 4 members (excludes halogenated alkanes) is 5. The summed E-state index contributed by atoms with van der Waals surface area (Å²) in [6.45, 7) is 11.0. The summed E-state index contributed by atoms with van der Waals surface area (Å²) in [4.78, 5) is 36.9. The van der Waals surface area contributed by atoms with Crippen molar-refractivity contribution in [3.8, 4) is 0 Å². The fourth-order valence-electron chi connectivity index (χ4n) is 3.21. The van der Waals surface area contributed by atoms with Gasteiger partial charge in [-0.05, 0) is 59.9 Å². The maximum Gasteiger partial charge on any atom is 0.320 e. The Morgan fingerprint density at radius 1 is 0.727 bits per heavy atom. The second kappa shape index (κ2) is 14.0. The number of hydrogen-bond donors (Lipinski definition) is 0. The van der Waals surface area contributed by atoms with Gasteiger partial charge in [-0.1, -0.05) is 62.4 Å². The SMILES string of the molecule is CC(C)(C)OC(=O)C(CCCCCCCCC(=O)OCc1ccccc1)C(=O)OC(C)(C)C. The van der Waals surface area contributed by atoms with Crippen LogP contribution in [0.3, 0.4) is 0 Å². The minimum atomic E-state index is -0.900. The molecule has 0 N–H and O–H groups in total. The van der Waals surface area contributed by atoms with Crippen LogP contribution in [0.15, 0.2) is 30.3 Å². The lowest BCUT2D eigenvalue weighted by Crippen LogP contribution is -2.36. The summed E-state index contributed by atoms with van der Waals surface area (Å²) in [7, 11) is 0. The number of benzene rings is 1. The molecule has 186 valence electrons. The maximum absolute atomic E-state index is 12.5. The van der Waals surface area contributed by atoms with E-state index in [1.54, 1.807) is 41.5 Å². The van der Waals surface area contributed by atoms with Crippen LogP contribution in [-0.2, 0) is 35.2 Å². The van der Waals surface area contributed by atoms with Crippen molar-refractivity contribution in [1.29, 1.82) is 0 Å². The van der Waals surface area contributed by atoms with Gasteiger partial charge in [-0.2, -0.15) is 0 Å². The minimum Gasteiger partial charge on any atom is -0.461 e. The van der Waals surface area contributed by atoms with E-state index in [1.165, 1.54) is 0 Å². The highest BCUT2D eigenvalue weighted by molar-refractivity contribution is 5.95. The highest BCUT2D eigenvalue weighted by Crippen LogP contribution is 2.21. The lowest BCUT2D eigenvalue weighted by Gasteiger charge is -2.26. The van der Waals surface area contributed by atoms with Crippen LogP contribution in [0.5, 0.6) is 0 Å². The number of rotatable bonds is 13. The normalized spacial score (nSPS) is 11.8.